The monoisotopic (exact) mass is 682 g/mol. The molecular formula is C36H62N2O8S. The van der Waals surface area contributed by atoms with Crippen molar-refractivity contribution < 1.29 is 39.4 Å². The van der Waals surface area contributed by atoms with Gasteiger partial charge in [0.1, 0.15) is 17.8 Å². The molecule has 0 saturated carbocycles. The molecule has 1 saturated heterocycles. The quantitative estimate of drug-likeness (QED) is 0.0424. The van der Waals surface area contributed by atoms with E-state index in [-0.39, 0.29) is 48.5 Å². The van der Waals surface area contributed by atoms with Crippen LogP contribution in [0.1, 0.15) is 93.9 Å². The Hall–Kier alpha value is -1.86. The zero-order valence-corrected chi connectivity index (χ0v) is 30.7. The van der Waals surface area contributed by atoms with E-state index in [2.05, 4.69) is 24.1 Å². The van der Waals surface area contributed by atoms with Gasteiger partial charge in [-0.2, -0.15) is 0 Å². The number of aliphatic hydroxyl groups excluding tert-OH is 2. The van der Waals surface area contributed by atoms with Crippen molar-refractivity contribution in [2.24, 2.45) is 11.8 Å². The molecule has 0 aliphatic carbocycles. The second kappa shape index (κ2) is 19.4. The lowest BCUT2D eigenvalue weighted by atomic mass is 9.88. The Balaban J connectivity index is 2.15. The number of rotatable bonds is 15. The van der Waals surface area contributed by atoms with E-state index in [1.54, 1.807) is 38.2 Å². The minimum atomic E-state index is -1.36. The maximum absolute atomic E-state index is 12.8. The fraction of sp³-hybridized carbons (Fsp3) is 0.778. The van der Waals surface area contributed by atoms with Crippen molar-refractivity contribution in [2.75, 3.05) is 26.2 Å². The largest absolute Gasteiger partial charge is 0.460 e. The molecule has 2 heterocycles. The fourth-order valence-corrected chi connectivity index (χ4v) is 6.20. The van der Waals surface area contributed by atoms with Gasteiger partial charge >= 0.3 is 5.97 Å². The van der Waals surface area contributed by atoms with Crippen LogP contribution in [-0.4, -0.2) is 110 Å². The fourth-order valence-electron chi connectivity index (χ4n) is 5.99. The minimum Gasteiger partial charge on any atom is -0.460 e. The van der Waals surface area contributed by atoms with Crippen LogP contribution in [0.5, 0.6) is 0 Å². The van der Waals surface area contributed by atoms with E-state index in [4.69, 9.17) is 26.4 Å². The number of epoxide rings is 1. The first-order valence-corrected chi connectivity index (χ1v) is 17.8. The van der Waals surface area contributed by atoms with Crippen LogP contribution in [0, 0.1) is 11.8 Å². The van der Waals surface area contributed by atoms with E-state index >= 15 is 0 Å². The van der Waals surface area contributed by atoms with Gasteiger partial charge in [-0.1, -0.05) is 58.9 Å². The molecule has 10 atom stereocenters. The van der Waals surface area contributed by atoms with E-state index in [1.807, 2.05) is 33.8 Å². The number of cyclic esters (lactones) is 1. The summed E-state index contributed by atoms with van der Waals surface area (Å²) in [7, 11) is 0. The molecule has 1 fully saturated rings. The Morgan fingerprint density at radius 3 is 2.62 bits per heavy atom. The van der Waals surface area contributed by atoms with Gasteiger partial charge < -0.3 is 44.9 Å². The Morgan fingerprint density at radius 2 is 1.98 bits per heavy atom. The van der Waals surface area contributed by atoms with Crippen LogP contribution in [0.3, 0.4) is 0 Å². The first kappa shape index (κ1) is 41.3. The molecule has 0 aromatic heterocycles. The summed E-state index contributed by atoms with van der Waals surface area (Å²) in [6, 6.07) is 0. The average Bonchev–Trinajstić information content (AvgIpc) is 3.77. The Bertz CT molecular complexity index is 1070. The summed E-state index contributed by atoms with van der Waals surface area (Å²) in [5.41, 5.74) is -1.76. The summed E-state index contributed by atoms with van der Waals surface area (Å²) in [4.78, 5) is 15.2. The lowest BCUT2D eigenvalue weighted by Crippen LogP contribution is -2.44. The summed E-state index contributed by atoms with van der Waals surface area (Å²) >= 11 is 5.47. The number of allylic oxidation sites excluding steroid dienone is 2. The summed E-state index contributed by atoms with van der Waals surface area (Å²) < 4.78 is 17.7. The van der Waals surface area contributed by atoms with Gasteiger partial charge in [-0.3, -0.25) is 4.79 Å². The molecule has 10 unspecified atom stereocenters. The van der Waals surface area contributed by atoms with Gasteiger partial charge in [0.05, 0.1) is 36.4 Å². The van der Waals surface area contributed by atoms with Gasteiger partial charge in [0.25, 0.3) is 5.17 Å². The second-order valence-corrected chi connectivity index (χ2v) is 14.2. The number of thiocarbonyl (C=S) groups is 1. The molecule has 11 heteroatoms. The van der Waals surface area contributed by atoms with Gasteiger partial charge in [-0.15, -0.1) is 0 Å². The van der Waals surface area contributed by atoms with E-state index in [0.29, 0.717) is 19.4 Å². The minimum absolute atomic E-state index is 0.00103. The SMILES string of the molecule is CCC(O)C(C)C1OC1CC(C)(O)C=CC=C(C)C1OC(=O)CC(O)CCC(C)(O)C(OC(=S)NCCCN(CC)CC)C=CC1C. The Labute approximate surface area is 288 Å². The van der Waals surface area contributed by atoms with Gasteiger partial charge in [-0.05, 0) is 90.0 Å². The molecule has 0 amide bonds. The van der Waals surface area contributed by atoms with Gasteiger partial charge in [0.2, 0.25) is 0 Å². The number of hydrogen-bond donors (Lipinski definition) is 5. The van der Waals surface area contributed by atoms with Crippen LogP contribution in [0.4, 0.5) is 0 Å². The number of ether oxygens (including phenoxy) is 3. The van der Waals surface area contributed by atoms with Crippen molar-refractivity contribution >= 4 is 23.4 Å². The molecule has 2 aliphatic heterocycles. The molecule has 2 rings (SSSR count). The number of aliphatic hydroxyl groups is 4. The maximum atomic E-state index is 12.8. The number of carbonyl (C=O) groups is 1. The third-order valence-electron chi connectivity index (χ3n) is 9.42. The van der Waals surface area contributed by atoms with Crippen molar-refractivity contribution in [2.45, 2.75) is 142 Å². The number of nitrogens with one attached hydrogen (secondary N) is 1. The number of hydrogen-bond acceptors (Lipinski definition) is 10. The van der Waals surface area contributed by atoms with Crippen LogP contribution in [0.25, 0.3) is 0 Å². The Morgan fingerprint density at radius 1 is 1.30 bits per heavy atom. The molecule has 5 N–H and O–H groups in total. The first-order valence-electron chi connectivity index (χ1n) is 17.4. The highest BCUT2D eigenvalue weighted by atomic mass is 32.1. The highest BCUT2D eigenvalue weighted by Gasteiger charge is 2.47. The maximum Gasteiger partial charge on any atom is 0.309 e. The smallest absolute Gasteiger partial charge is 0.309 e. The predicted octanol–water partition coefficient (Wildman–Crippen LogP) is 4.20. The molecule has 47 heavy (non-hydrogen) atoms. The van der Waals surface area contributed by atoms with E-state index < -0.39 is 41.6 Å². The molecule has 0 spiro atoms. The van der Waals surface area contributed by atoms with Gasteiger partial charge in [0, 0.05) is 24.8 Å². The molecule has 270 valence electrons. The number of carbonyl (C=O) groups excluding carboxylic acids is 1. The number of nitrogens with zero attached hydrogens (tertiary/aromatic N) is 1. The van der Waals surface area contributed by atoms with Crippen molar-refractivity contribution in [1.82, 2.24) is 10.2 Å². The highest BCUT2D eigenvalue weighted by Crippen LogP contribution is 2.37. The zero-order valence-electron chi connectivity index (χ0n) is 29.9. The van der Waals surface area contributed by atoms with Crippen LogP contribution in [0.15, 0.2) is 36.0 Å². The summed E-state index contributed by atoms with van der Waals surface area (Å²) in [6.07, 6.45) is 7.85. The zero-order chi connectivity index (χ0) is 35.4. The Kier molecular flexibility index (Phi) is 17.0. The summed E-state index contributed by atoms with van der Waals surface area (Å²) in [6.45, 7) is 18.8. The van der Waals surface area contributed by atoms with Crippen molar-refractivity contribution in [3.8, 4) is 0 Å². The molecular weight excluding hydrogens is 620 g/mol. The third-order valence-corrected chi connectivity index (χ3v) is 9.66. The molecule has 0 radical (unpaired) electrons. The van der Waals surface area contributed by atoms with E-state index in [9.17, 15) is 25.2 Å². The van der Waals surface area contributed by atoms with Gasteiger partial charge in [-0.25, -0.2) is 0 Å². The lowest BCUT2D eigenvalue weighted by Gasteiger charge is -2.33. The summed E-state index contributed by atoms with van der Waals surface area (Å²) in [5.74, 6) is -0.848. The van der Waals surface area contributed by atoms with Crippen molar-refractivity contribution in [3.63, 3.8) is 0 Å². The lowest BCUT2D eigenvalue weighted by molar-refractivity contribution is -0.151. The standard InChI is InChI=1S/C36H62N2O8S/c1-9-28(40)26(6)33-29(44-33)23-35(7,42)18-12-14-24(4)32-25(5)15-16-30(36(8,43)19-17-27(39)22-31(41)46-32)45-34(47)37-20-13-21-38(10-2)11-3/h12,14-16,18,25-30,32-33,39-40,42-43H,9-11,13,17,19-23H2,1-8H3,(H,37,47). The normalized spacial score (nSPS) is 31.8. The molecule has 0 bridgehead atoms. The predicted molar refractivity (Wildman–Crippen MR) is 189 cm³/mol. The van der Waals surface area contributed by atoms with Gasteiger partial charge in [0.15, 0.2) is 0 Å². The van der Waals surface area contributed by atoms with Crippen LogP contribution in [-0.2, 0) is 19.0 Å². The van der Waals surface area contributed by atoms with E-state index in [1.165, 1.54) is 0 Å². The molecule has 0 aromatic carbocycles. The highest BCUT2D eigenvalue weighted by molar-refractivity contribution is 7.80. The third kappa shape index (κ3) is 14.3. The van der Waals surface area contributed by atoms with Crippen LogP contribution in [0.2, 0.25) is 0 Å². The second-order valence-electron chi connectivity index (χ2n) is 13.8. The topological polar surface area (TPSA) is 144 Å². The molecule has 10 nitrogen and oxygen atoms in total. The molecule has 2 aliphatic rings. The van der Waals surface area contributed by atoms with Crippen molar-refractivity contribution in [3.05, 3.63) is 36.0 Å². The average molecular weight is 683 g/mol. The number of esters is 1. The van der Waals surface area contributed by atoms with Crippen LogP contribution < -0.4 is 5.32 Å². The van der Waals surface area contributed by atoms with Crippen molar-refractivity contribution in [1.29, 1.82) is 0 Å². The van der Waals surface area contributed by atoms with E-state index in [0.717, 1.165) is 31.6 Å². The molecule has 0 aromatic rings. The summed E-state index contributed by atoms with van der Waals surface area (Å²) in [5, 5.41) is 46.5. The first-order chi connectivity index (χ1) is 22.0. The van der Waals surface area contributed by atoms with Crippen LogP contribution >= 0.6 is 12.2 Å².